The smallest absolute Gasteiger partial charge is 0.267 e. The molecule has 2 atom stereocenters. The first-order chi connectivity index (χ1) is 10.6. The second-order valence-corrected chi connectivity index (χ2v) is 7.65. The summed E-state index contributed by atoms with van der Waals surface area (Å²) in [4.78, 5) is 3.96. The van der Waals surface area contributed by atoms with Gasteiger partial charge in [-0.15, -0.1) is 5.10 Å². The topological polar surface area (TPSA) is 74.1 Å². The molecular weight excluding hydrogens is 309 g/mol. The minimum atomic E-state index is -3.64. The summed E-state index contributed by atoms with van der Waals surface area (Å²) in [7, 11) is -3.64. The van der Waals surface area contributed by atoms with Gasteiger partial charge in [-0.1, -0.05) is 30.3 Å². The van der Waals surface area contributed by atoms with Crippen LogP contribution in [-0.2, 0) is 14.6 Å². The van der Waals surface area contributed by atoms with Gasteiger partial charge in [0.1, 0.15) is 5.25 Å². The molecule has 4 rings (SSSR count). The highest BCUT2D eigenvalue weighted by Crippen LogP contribution is 2.39. The van der Waals surface area contributed by atoms with E-state index in [1.54, 1.807) is 0 Å². The average Bonchev–Trinajstić information content (AvgIpc) is 2.99. The Kier molecular flexibility index (Phi) is 3.05. The fraction of sp³-hybridized carbons (Fsp3) is 0.429. The number of hydrogen-bond donors (Lipinski definition) is 0. The molecule has 8 heteroatoms. The maximum atomic E-state index is 14.2. The highest BCUT2D eigenvalue weighted by Gasteiger charge is 2.41. The molecule has 0 aliphatic carbocycles. The van der Waals surface area contributed by atoms with Gasteiger partial charge in [-0.25, -0.2) is 17.5 Å². The Morgan fingerprint density at radius 2 is 1.95 bits per heavy atom. The molecular formula is C14H14FN3O3S. The summed E-state index contributed by atoms with van der Waals surface area (Å²) in [6, 6.07) is 9.03. The van der Waals surface area contributed by atoms with Crippen molar-refractivity contribution in [2.45, 2.75) is 29.0 Å². The molecule has 116 valence electrons. The van der Waals surface area contributed by atoms with Crippen molar-refractivity contribution >= 4 is 9.84 Å². The number of nitrogens with zero attached hydrogens (tertiary/aromatic N) is 3. The summed E-state index contributed by atoms with van der Waals surface area (Å²) >= 11 is 0. The maximum Gasteiger partial charge on any atom is 0.267 e. The van der Waals surface area contributed by atoms with E-state index < -0.39 is 21.3 Å². The molecule has 1 saturated heterocycles. The van der Waals surface area contributed by atoms with Gasteiger partial charge in [0.05, 0.1) is 19.3 Å². The van der Waals surface area contributed by atoms with E-state index in [-0.39, 0.29) is 36.7 Å². The number of fused-ring (bicyclic) bond motifs is 1. The minimum absolute atomic E-state index is 0.0904. The van der Waals surface area contributed by atoms with Gasteiger partial charge in [-0.2, -0.15) is 4.98 Å². The lowest BCUT2D eigenvalue weighted by molar-refractivity contribution is 0.0414. The largest absolute Gasteiger partial charge is 0.379 e. The summed E-state index contributed by atoms with van der Waals surface area (Å²) in [5, 5.41) is 3.18. The Morgan fingerprint density at radius 1 is 1.23 bits per heavy atom. The Labute approximate surface area is 126 Å². The number of aromatic nitrogens is 3. The van der Waals surface area contributed by atoms with Crippen molar-refractivity contribution in [1.82, 2.24) is 14.8 Å². The van der Waals surface area contributed by atoms with E-state index in [0.29, 0.717) is 0 Å². The van der Waals surface area contributed by atoms with Crippen LogP contribution in [0.15, 0.2) is 35.5 Å². The Balaban J connectivity index is 1.75. The van der Waals surface area contributed by atoms with Crippen LogP contribution in [-0.4, -0.2) is 41.6 Å². The SMILES string of the molecule is O=S(=O)(c1nc2n(n1)[C@H](c1ccccc1)C[C@@H]2F)C1COC1. The van der Waals surface area contributed by atoms with Crippen molar-refractivity contribution < 1.29 is 17.5 Å². The first-order valence-corrected chi connectivity index (χ1v) is 8.59. The van der Waals surface area contributed by atoms with E-state index in [4.69, 9.17) is 4.74 Å². The molecule has 6 nitrogen and oxygen atoms in total. The van der Waals surface area contributed by atoms with E-state index in [9.17, 15) is 12.8 Å². The van der Waals surface area contributed by atoms with Gasteiger partial charge >= 0.3 is 0 Å². The highest BCUT2D eigenvalue weighted by atomic mass is 32.2. The van der Waals surface area contributed by atoms with Gasteiger partial charge < -0.3 is 4.74 Å². The fourth-order valence-electron chi connectivity index (χ4n) is 2.77. The predicted molar refractivity (Wildman–Crippen MR) is 74.9 cm³/mol. The number of ether oxygens (including phenoxy) is 1. The van der Waals surface area contributed by atoms with E-state index >= 15 is 0 Å². The van der Waals surface area contributed by atoms with Crippen LogP contribution >= 0.6 is 0 Å². The summed E-state index contributed by atoms with van der Waals surface area (Å²) in [6.07, 6.45) is -1.08. The summed E-state index contributed by atoms with van der Waals surface area (Å²) < 4.78 is 45.2. The lowest BCUT2D eigenvalue weighted by Gasteiger charge is -2.24. The monoisotopic (exact) mass is 323 g/mol. The summed E-state index contributed by atoms with van der Waals surface area (Å²) in [5.74, 6) is 0.0904. The fourth-order valence-corrected chi connectivity index (χ4v) is 4.05. The number of hydrogen-bond acceptors (Lipinski definition) is 5. The molecule has 2 aliphatic heterocycles. The van der Waals surface area contributed by atoms with Crippen molar-refractivity contribution in [2.24, 2.45) is 0 Å². The Hall–Kier alpha value is -1.80. The number of alkyl halides is 1. The molecule has 0 saturated carbocycles. The zero-order chi connectivity index (χ0) is 15.3. The van der Waals surface area contributed by atoms with Gasteiger partial charge in [-0.05, 0) is 5.56 Å². The van der Waals surface area contributed by atoms with Crippen molar-refractivity contribution in [1.29, 1.82) is 0 Å². The molecule has 1 aromatic heterocycles. The van der Waals surface area contributed by atoms with Gasteiger partial charge in [0.25, 0.3) is 5.16 Å². The van der Waals surface area contributed by atoms with Crippen molar-refractivity contribution in [2.75, 3.05) is 13.2 Å². The quantitative estimate of drug-likeness (QED) is 0.855. The zero-order valence-electron chi connectivity index (χ0n) is 11.6. The van der Waals surface area contributed by atoms with Crippen molar-refractivity contribution in [3.8, 4) is 0 Å². The zero-order valence-corrected chi connectivity index (χ0v) is 12.4. The summed E-state index contributed by atoms with van der Waals surface area (Å²) in [6.45, 7) is 0.292. The number of rotatable bonds is 3. The maximum absolute atomic E-state index is 14.2. The molecule has 0 amide bonds. The molecule has 0 radical (unpaired) electrons. The molecule has 22 heavy (non-hydrogen) atoms. The number of halogens is 1. The second kappa shape index (κ2) is 4.85. The van der Waals surface area contributed by atoms with Crippen LogP contribution < -0.4 is 0 Å². The van der Waals surface area contributed by atoms with Gasteiger partial charge in [0.2, 0.25) is 9.84 Å². The standard InChI is InChI=1S/C14H14FN3O3S/c15-11-6-12(9-4-2-1-3-5-9)18-13(11)16-14(17-18)22(19,20)10-7-21-8-10/h1-5,10-12H,6-8H2/t11-,12-/m0/s1. The minimum Gasteiger partial charge on any atom is -0.379 e. The molecule has 2 aliphatic rings. The predicted octanol–water partition coefficient (Wildman–Crippen LogP) is 1.45. The third-order valence-corrected chi connectivity index (χ3v) is 5.96. The molecule has 0 spiro atoms. The lowest BCUT2D eigenvalue weighted by atomic mass is 10.0. The molecule has 1 fully saturated rings. The van der Waals surface area contributed by atoms with E-state index in [2.05, 4.69) is 10.1 Å². The molecule has 3 heterocycles. The molecule has 0 unspecified atom stereocenters. The van der Waals surface area contributed by atoms with Crippen molar-refractivity contribution in [3.05, 3.63) is 41.7 Å². The Morgan fingerprint density at radius 3 is 2.59 bits per heavy atom. The van der Waals surface area contributed by atoms with Crippen LogP contribution in [0, 0.1) is 0 Å². The average molecular weight is 323 g/mol. The second-order valence-electron chi connectivity index (χ2n) is 5.53. The van der Waals surface area contributed by atoms with E-state index in [0.717, 1.165) is 5.56 Å². The van der Waals surface area contributed by atoms with Gasteiger partial charge in [0.15, 0.2) is 12.0 Å². The van der Waals surface area contributed by atoms with Gasteiger partial charge in [-0.3, -0.25) is 0 Å². The third-order valence-electron chi connectivity index (χ3n) is 4.13. The van der Waals surface area contributed by atoms with Crippen molar-refractivity contribution in [3.63, 3.8) is 0 Å². The first kappa shape index (κ1) is 13.8. The third kappa shape index (κ3) is 1.98. The number of benzene rings is 1. The van der Waals surface area contributed by atoms with E-state index in [1.165, 1.54) is 4.68 Å². The van der Waals surface area contributed by atoms with Crippen LogP contribution in [0.2, 0.25) is 0 Å². The van der Waals surface area contributed by atoms with Crippen LogP contribution in [0.1, 0.15) is 30.0 Å². The van der Waals surface area contributed by atoms with Gasteiger partial charge in [0, 0.05) is 6.42 Å². The van der Waals surface area contributed by atoms with Crippen LogP contribution in [0.25, 0.3) is 0 Å². The summed E-state index contributed by atoms with van der Waals surface area (Å²) in [5.41, 5.74) is 0.893. The molecule has 0 bridgehead atoms. The number of sulfone groups is 1. The normalized spacial score (nSPS) is 25.0. The first-order valence-electron chi connectivity index (χ1n) is 7.04. The van der Waals surface area contributed by atoms with Crippen LogP contribution in [0.3, 0.4) is 0 Å². The highest BCUT2D eigenvalue weighted by molar-refractivity contribution is 7.92. The van der Waals surface area contributed by atoms with Crippen LogP contribution in [0.4, 0.5) is 4.39 Å². The van der Waals surface area contributed by atoms with Crippen LogP contribution in [0.5, 0.6) is 0 Å². The van der Waals surface area contributed by atoms with E-state index in [1.807, 2.05) is 30.3 Å². The lowest BCUT2D eigenvalue weighted by Crippen LogP contribution is -2.41. The Bertz CT molecular complexity index is 802. The molecule has 2 aromatic rings. The molecule has 1 aromatic carbocycles. The molecule has 0 N–H and O–H groups in total.